The lowest BCUT2D eigenvalue weighted by atomic mass is 10.1. The number of likely N-dealkylation sites (N-methyl/N-ethyl adjacent to an activating group) is 1. The molecule has 140 valence electrons. The van der Waals surface area contributed by atoms with Crippen LogP contribution < -0.4 is 10.2 Å². The summed E-state index contributed by atoms with van der Waals surface area (Å²) in [5.74, 6) is 0. The van der Waals surface area contributed by atoms with E-state index in [1.807, 2.05) is 18.2 Å². The van der Waals surface area contributed by atoms with Crippen LogP contribution in [-0.4, -0.2) is 44.7 Å². The zero-order valence-corrected chi connectivity index (χ0v) is 16.9. The second-order valence-electron chi connectivity index (χ2n) is 6.97. The molecular weight excluding hydrogens is 365 g/mol. The van der Waals surface area contributed by atoms with E-state index in [-0.39, 0.29) is 0 Å². The van der Waals surface area contributed by atoms with Gasteiger partial charge in [0.05, 0.1) is 0 Å². The minimum Gasteiger partial charge on any atom is -0.369 e. The largest absolute Gasteiger partial charge is 0.369 e. The van der Waals surface area contributed by atoms with Crippen molar-refractivity contribution in [2.24, 2.45) is 0 Å². The third-order valence-corrected chi connectivity index (χ3v) is 5.42. The van der Waals surface area contributed by atoms with Gasteiger partial charge < -0.3 is 15.1 Å². The zero-order valence-electron chi connectivity index (χ0n) is 15.3. The van der Waals surface area contributed by atoms with Gasteiger partial charge in [-0.15, -0.1) is 0 Å². The number of piperazine rings is 1. The van der Waals surface area contributed by atoms with Crippen LogP contribution in [0.3, 0.4) is 0 Å². The normalized spacial score (nSPS) is 15.4. The molecule has 0 radical (unpaired) electrons. The minimum atomic E-state index is 0.785. The SMILES string of the molecule is CN1CCN(c2cc(Cl)ccc2CCCNCc2ccc(Cl)cc2)CC1. The minimum absolute atomic E-state index is 0.785. The zero-order chi connectivity index (χ0) is 18.4. The molecule has 2 aromatic carbocycles. The highest BCUT2D eigenvalue weighted by molar-refractivity contribution is 6.31. The number of benzene rings is 2. The molecule has 3 nitrogen and oxygen atoms in total. The summed E-state index contributed by atoms with van der Waals surface area (Å²) in [5, 5.41) is 5.13. The lowest BCUT2D eigenvalue weighted by Crippen LogP contribution is -2.44. The summed E-state index contributed by atoms with van der Waals surface area (Å²) in [6.45, 7) is 6.22. The maximum atomic E-state index is 6.27. The summed E-state index contributed by atoms with van der Waals surface area (Å²) in [6, 6.07) is 14.3. The number of rotatable bonds is 7. The maximum absolute atomic E-state index is 6.27. The highest BCUT2D eigenvalue weighted by Crippen LogP contribution is 2.27. The fourth-order valence-electron chi connectivity index (χ4n) is 3.33. The van der Waals surface area contributed by atoms with E-state index >= 15 is 0 Å². The molecule has 5 heteroatoms. The molecular formula is C21H27Cl2N3. The van der Waals surface area contributed by atoms with Gasteiger partial charge in [-0.3, -0.25) is 0 Å². The Morgan fingerprint density at radius 2 is 1.62 bits per heavy atom. The summed E-state index contributed by atoms with van der Waals surface area (Å²) in [7, 11) is 2.18. The molecule has 1 fully saturated rings. The molecule has 0 spiro atoms. The number of hydrogen-bond acceptors (Lipinski definition) is 3. The van der Waals surface area contributed by atoms with E-state index in [1.165, 1.54) is 16.8 Å². The molecule has 1 aliphatic rings. The predicted molar refractivity (Wildman–Crippen MR) is 113 cm³/mol. The Kier molecular flexibility index (Phi) is 7.21. The van der Waals surface area contributed by atoms with Crippen molar-refractivity contribution in [3.63, 3.8) is 0 Å². The first-order valence-corrected chi connectivity index (χ1v) is 10.0. The smallest absolute Gasteiger partial charge is 0.0426 e. The molecule has 1 aliphatic heterocycles. The van der Waals surface area contributed by atoms with Crippen LogP contribution in [0.2, 0.25) is 10.0 Å². The van der Waals surface area contributed by atoms with Crippen molar-refractivity contribution in [2.45, 2.75) is 19.4 Å². The lowest BCUT2D eigenvalue weighted by Gasteiger charge is -2.35. The second kappa shape index (κ2) is 9.61. The van der Waals surface area contributed by atoms with Gasteiger partial charge in [0.25, 0.3) is 0 Å². The van der Waals surface area contributed by atoms with Crippen LogP contribution in [0.15, 0.2) is 42.5 Å². The number of nitrogens with zero attached hydrogens (tertiary/aromatic N) is 2. The van der Waals surface area contributed by atoms with E-state index in [4.69, 9.17) is 23.2 Å². The van der Waals surface area contributed by atoms with E-state index < -0.39 is 0 Å². The van der Waals surface area contributed by atoms with Crippen molar-refractivity contribution in [3.05, 3.63) is 63.6 Å². The average molecular weight is 392 g/mol. The molecule has 0 saturated carbocycles. The third kappa shape index (κ3) is 5.62. The Morgan fingerprint density at radius 1 is 0.923 bits per heavy atom. The van der Waals surface area contributed by atoms with Crippen LogP contribution in [0.25, 0.3) is 0 Å². The van der Waals surface area contributed by atoms with Crippen LogP contribution >= 0.6 is 23.2 Å². The van der Waals surface area contributed by atoms with Crippen molar-refractivity contribution < 1.29 is 0 Å². The second-order valence-corrected chi connectivity index (χ2v) is 7.84. The van der Waals surface area contributed by atoms with Gasteiger partial charge in [-0.25, -0.2) is 0 Å². The first kappa shape index (κ1) is 19.5. The van der Waals surface area contributed by atoms with E-state index in [9.17, 15) is 0 Å². The molecule has 0 aromatic heterocycles. The first-order chi connectivity index (χ1) is 12.6. The van der Waals surface area contributed by atoms with E-state index in [2.05, 4.69) is 46.4 Å². The van der Waals surface area contributed by atoms with Crippen LogP contribution in [0.4, 0.5) is 5.69 Å². The summed E-state index contributed by atoms with van der Waals surface area (Å²) in [4.78, 5) is 4.85. The van der Waals surface area contributed by atoms with Gasteiger partial charge in [0.2, 0.25) is 0 Å². The monoisotopic (exact) mass is 391 g/mol. The van der Waals surface area contributed by atoms with Gasteiger partial charge in [0.1, 0.15) is 0 Å². The molecule has 2 aromatic rings. The molecule has 1 saturated heterocycles. The fraction of sp³-hybridized carbons (Fsp3) is 0.429. The molecule has 1 heterocycles. The summed E-state index contributed by atoms with van der Waals surface area (Å²) in [5.41, 5.74) is 3.97. The molecule has 0 bridgehead atoms. The molecule has 3 rings (SSSR count). The Hall–Kier alpha value is -1.26. The van der Waals surface area contributed by atoms with Crippen molar-refractivity contribution in [2.75, 3.05) is 44.7 Å². The van der Waals surface area contributed by atoms with Gasteiger partial charge >= 0.3 is 0 Å². The van der Waals surface area contributed by atoms with Crippen LogP contribution in [-0.2, 0) is 13.0 Å². The predicted octanol–water partition coefficient (Wildman–Crippen LogP) is 4.47. The molecule has 0 atom stereocenters. The van der Waals surface area contributed by atoms with Crippen molar-refractivity contribution >= 4 is 28.9 Å². The molecule has 1 N–H and O–H groups in total. The van der Waals surface area contributed by atoms with Crippen LogP contribution in [0.1, 0.15) is 17.5 Å². The average Bonchev–Trinajstić information content (AvgIpc) is 2.65. The van der Waals surface area contributed by atoms with Gasteiger partial charge in [-0.1, -0.05) is 41.4 Å². The van der Waals surface area contributed by atoms with E-state index in [0.29, 0.717) is 0 Å². The Morgan fingerprint density at radius 3 is 2.35 bits per heavy atom. The standard InChI is InChI=1S/C21H27Cl2N3/c1-25-11-13-26(14-12-25)21-15-20(23)9-6-18(21)3-2-10-24-16-17-4-7-19(22)8-5-17/h4-9,15,24H,2-3,10-14,16H2,1H3. The number of halogens is 2. The van der Waals surface area contributed by atoms with E-state index in [1.54, 1.807) is 0 Å². The van der Waals surface area contributed by atoms with Gasteiger partial charge in [0.15, 0.2) is 0 Å². The quantitative estimate of drug-likeness (QED) is 0.702. The first-order valence-electron chi connectivity index (χ1n) is 9.29. The molecule has 26 heavy (non-hydrogen) atoms. The number of anilines is 1. The summed E-state index contributed by atoms with van der Waals surface area (Å²) < 4.78 is 0. The van der Waals surface area contributed by atoms with Gasteiger partial charge in [0, 0.05) is 48.5 Å². The molecule has 0 aliphatic carbocycles. The maximum Gasteiger partial charge on any atom is 0.0426 e. The number of nitrogens with one attached hydrogen (secondary N) is 1. The highest BCUT2D eigenvalue weighted by atomic mass is 35.5. The third-order valence-electron chi connectivity index (χ3n) is 4.93. The fourth-order valence-corrected chi connectivity index (χ4v) is 3.62. The topological polar surface area (TPSA) is 18.5 Å². The summed E-state index contributed by atoms with van der Waals surface area (Å²) >= 11 is 12.2. The van der Waals surface area contributed by atoms with Gasteiger partial charge in [-0.05, 0) is 61.8 Å². The van der Waals surface area contributed by atoms with Crippen LogP contribution in [0, 0.1) is 0 Å². The van der Waals surface area contributed by atoms with Crippen molar-refractivity contribution in [1.82, 2.24) is 10.2 Å². The lowest BCUT2D eigenvalue weighted by molar-refractivity contribution is 0.312. The van der Waals surface area contributed by atoms with Gasteiger partial charge in [-0.2, -0.15) is 0 Å². The van der Waals surface area contributed by atoms with E-state index in [0.717, 1.165) is 62.2 Å². The highest BCUT2D eigenvalue weighted by Gasteiger charge is 2.17. The van der Waals surface area contributed by atoms with Crippen LogP contribution in [0.5, 0.6) is 0 Å². The Balaban J connectivity index is 1.50. The summed E-state index contributed by atoms with van der Waals surface area (Å²) in [6.07, 6.45) is 2.17. The molecule has 0 amide bonds. The van der Waals surface area contributed by atoms with Crippen molar-refractivity contribution in [3.8, 4) is 0 Å². The Labute approximate surface area is 166 Å². The number of hydrogen-bond donors (Lipinski definition) is 1. The number of aryl methyl sites for hydroxylation is 1. The van der Waals surface area contributed by atoms with Crippen molar-refractivity contribution in [1.29, 1.82) is 0 Å². The Bertz CT molecular complexity index is 695. The molecule has 0 unspecified atom stereocenters.